The van der Waals surface area contributed by atoms with Gasteiger partial charge in [-0.25, -0.2) is 8.78 Å². The van der Waals surface area contributed by atoms with Gasteiger partial charge in [-0.2, -0.15) is 0 Å². The van der Waals surface area contributed by atoms with Crippen LogP contribution in [-0.2, 0) is 6.54 Å². The summed E-state index contributed by atoms with van der Waals surface area (Å²) in [5, 5.41) is 0. The van der Waals surface area contributed by atoms with Crippen molar-refractivity contribution in [1.29, 1.82) is 0 Å². The Hall–Kier alpha value is -1.94. The summed E-state index contributed by atoms with van der Waals surface area (Å²) in [6, 6.07) is 10.8. The molecular weight excluding hydrogens is 234 g/mol. The van der Waals surface area contributed by atoms with Crippen LogP contribution in [0.15, 0.2) is 42.5 Å². The highest BCUT2D eigenvalue weighted by Crippen LogP contribution is 2.26. The zero-order chi connectivity index (χ0) is 13.1. The van der Waals surface area contributed by atoms with Gasteiger partial charge in [0.25, 0.3) is 0 Å². The van der Waals surface area contributed by atoms with Crippen LogP contribution in [-0.4, -0.2) is 7.05 Å². The summed E-state index contributed by atoms with van der Waals surface area (Å²) in [5.41, 5.74) is 7.48. The lowest BCUT2D eigenvalue weighted by Gasteiger charge is -2.20. The van der Waals surface area contributed by atoms with Crippen LogP contribution in [0.25, 0.3) is 0 Å². The number of hydrogen-bond acceptors (Lipinski definition) is 2. The highest BCUT2D eigenvalue weighted by Gasteiger charge is 2.10. The number of anilines is 2. The summed E-state index contributed by atoms with van der Waals surface area (Å²) in [7, 11) is 1.69. The van der Waals surface area contributed by atoms with Gasteiger partial charge < -0.3 is 10.6 Å². The van der Waals surface area contributed by atoms with E-state index in [0.717, 1.165) is 23.4 Å². The van der Waals surface area contributed by atoms with Crippen molar-refractivity contribution < 1.29 is 8.78 Å². The van der Waals surface area contributed by atoms with E-state index >= 15 is 0 Å². The number of rotatable bonds is 3. The summed E-state index contributed by atoms with van der Waals surface area (Å²) in [5.74, 6) is -0.918. The maximum atomic E-state index is 13.6. The minimum atomic E-state index is -0.461. The van der Waals surface area contributed by atoms with Gasteiger partial charge in [0.15, 0.2) is 0 Å². The molecule has 0 heterocycles. The molecule has 0 spiro atoms. The van der Waals surface area contributed by atoms with Crippen molar-refractivity contribution >= 4 is 11.4 Å². The summed E-state index contributed by atoms with van der Waals surface area (Å²) >= 11 is 0. The van der Waals surface area contributed by atoms with E-state index in [9.17, 15) is 8.78 Å². The SMILES string of the molecule is CN(c1ccc(CN)cc1)c1cc(F)ccc1F. The normalized spacial score (nSPS) is 10.4. The van der Waals surface area contributed by atoms with Crippen LogP contribution in [0.4, 0.5) is 20.2 Å². The largest absolute Gasteiger partial charge is 0.342 e. The van der Waals surface area contributed by atoms with Gasteiger partial charge in [-0.05, 0) is 29.8 Å². The molecule has 2 aromatic rings. The lowest BCUT2D eigenvalue weighted by molar-refractivity contribution is 0.600. The molecule has 2 rings (SSSR count). The minimum absolute atomic E-state index is 0.204. The highest BCUT2D eigenvalue weighted by molar-refractivity contribution is 5.63. The van der Waals surface area contributed by atoms with Crippen LogP contribution >= 0.6 is 0 Å². The van der Waals surface area contributed by atoms with Crippen LogP contribution in [0.5, 0.6) is 0 Å². The molecule has 94 valence electrons. The first-order valence-electron chi connectivity index (χ1n) is 5.59. The minimum Gasteiger partial charge on any atom is -0.342 e. The topological polar surface area (TPSA) is 29.3 Å². The van der Waals surface area contributed by atoms with E-state index in [1.807, 2.05) is 24.3 Å². The molecule has 0 saturated carbocycles. The van der Waals surface area contributed by atoms with Gasteiger partial charge in [-0.15, -0.1) is 0 Å². The van der Waals surface area contributed by atoms with Gasteiger partial charge in [-0.1, -0.05) is 12.1 Å². The van der Waals surface area contributed by atoms with Crippen molar-refractivity contribution in [3.63, 3.8) is 0 Å². The molecular formula is C14H14F2N2. The van der Waals surface area contributed by atoms with Crippen molar-refractivity contribution in [2.24, 2.45) is 5.73 Å². The second-order valence-corrected chi connectivity index (χ2v) is 4.03. The van der Waals surface area contributed by atoms with E-state index in [4.69, 9.17) is 5.73 Å². The summed E-state index contributed by atoms with van der Waals surface area (Å²) < 4.78 is 26.8. The average molecular weight is 248 g/mol. The van der Waals surface area contributed by atoms with Crippen LogP contribution in [0.1, 0.15) is 5.56 Å². The van der Waals surface area contributed by atoms with E-state index in [2.05, 4.69) is 0 Å². The van der Waals surface area contributed by atoms with Crippen LogP contribution in [0.2, 0.25) is 0 Å². The van der Waals surface area contributed by atoms with E-state index < -0.39 is 11.6 Å². The second-order valence-electron chi connectivity index (χ2n) is 4.03. The third kappa shape index (κ3) is 2.49. The molecule has 0 radical (unpaired) electrons. The standard InChI is InChI=1S/C14H14F2N2/c1-18(12-5-2-10(9-17)3-6-12)14-8-11(15)4-7-13(14)16/h2-8H,9,17H2,1H3. The summed E-state index contributed by atoms with van der Waals surface area (Å²) in [6.45, 7) is 0.457. The zero-order valence-electron chi connectivity index (χ0n) is 10.0. The molecule has 0 saturated heterocycles. The highest BCUT2D eigenvalue weighted by atomic mass is 19.1. The molecule has 0 bridgehead atoms. The van der Waals surface area contributed by atoms with E-state index in [1.165, 1.54) is 6.07 Å². The third-order valence-corrected chi connectivity index (χ3v) is 2.83. The van der Waals surface area contributed by atoms with Crippen LogP contribution in [0.3, 0.4) is 0 Å². The Morgan fingerprint density at radius 3 is 2.33 bits per heavy atom. The summed E-state index contributed by atoms with van der Waals surface area (Å²) in [6.07, 6.45) is 0. The predicted octanol–water partition coefficient (Wildman–Crippen LogP) is 3.19. The smallest absolute Gasteiger partial charge is 0.147 e. The number of nitrogens with zero attached hydrogens (tertiary/aromatic N) is 1. The molecule has 0 atom stereocenters. The van der Waals surface area contributed by atoms with Gasteiger partial charge >= 0.3 is 0 Å². The van der Waals surface area contributed by atoms with Crippen molar-refractivity contribution in [2.45, 2.75) is 6.54 Å². The molecule has 0 aromatic heterocycles. The first-order chi connectivity index (χ1) is 8.61. The average Bonchev–Trinajstić information content (AvgIpc) is 2.41. The first kappa shape index (κ1) is 12.5. The fraction of sp³-hybridized carbons (Fsp3) is 0.143. The van der Waals surface area contributed by atoms with E-state index in [1.54, 1.807) is 11.9 Å². The number of hydrogen-bond donors (Lipinski definition) is 1. The zero-order valence-corrected chi connectivity index (χ0v) is 10.0. The predicted molar refractivity (Wildman–Crippen MR) is 68.8 cm³/mol. The molecule has 4 heteroatoms. The quantitative estimate of drug-likeness (QED) is 0.903. The monoisotopic (exact) mass is 248 g/mol. The van der Waals surface area contributed by atoms with Crippen molar-refractivity contribution in [3.8, 4) is 0 Å². The van der Waals surface area contributed by atoms with Gasteiger partial charge in [-0.3, -0.25) is 0 Å². The van der Waals surface area contributed by atoms with Gasteiger partial charge in [0, 0.05) is 25.3 Å². The van der Waals surface area contributed by atoms with Gasteiger partial charge in [0.05, 0.1) is 5.69 Å². The molecule has 18 heavy (non-hydrogen) atoms. The Labute approximate surface area is 105 Å². The molecule has 2 nitrogen and oxygen atoms in total. The Bertz CT molecular complexity index is 538. The maximum absolute atomic E-state index is 13.6. The van der Waals surface area contributed by atoms with Gasteiger partial charge in [0.1, 0.15) is 11.6 Å². The van der Waals surface area contributed by atoms with E-state index in [-0.39, 0.29) is 5.69 Å². The molecule has 0 aliphatic carbocycles. The van der Waals surface area contributed by atoms with Crippen molar-refractivity contribution in [3.05, 3.63) is 59.7 Å². The molecule has 0 amide bonds. The Morgan fingerprint density at radius 2 is 1.72 bits per heavy atom. The number of benzene rings is 2. The number of halogens is 2. The molecule has 0 aliphatic heterocycles. The fourth-order valence-corrected chi connectivity index (χ4v) is 1.74. The summed E-state index contributed by atoms with van der Waals surface area (Å²) in [4.78, 5) is 1.60. The van der Waals surface area contributed by atoms with Crippen LogP contribution < -0.4 is 10.6 Å². The molecule has 0 unspecified atom stereocenters. The van der Waals surface area contributed by atoms with Crippen LogP contribution in [0, 0.1) is 11.6 Å². The molecule has 2 N–H and O–H groups in total. The second kappa shape index (κ2) is 5.14. The third-order valence-electron chi connectivity index (χ3n) is 2.83. The Morgan fingerprint density at radius 1 is 1.06 bits per heavy atom. The molecule has 2 aromatic carbocycles. The lowest BCUT2D eigenvalue weighted by atomic mass is 10.2. The lowest BCUT2D eigenvalue weighted by Crippen LogP contribution is -2.11. The Kier molecular flexibility index (Phi) is 3.58. The number of nitrogens with two attached hydrogens (primary N) is 1. The van der Waals surface area contributed by atoms with Crippen molar-refractivity contribution in [1.82, 2.24) is 0 Å². The maximum Gasteiger partial charge on any atom is 0.147 e. The fourth-order valence-electron chi connectivity index (χ4n) is 1.74. The van der Waals surface area contributed by atoms with Gasteiger partial charge in [0.2, 0.25) is 0 Å². The molecule has 0 fully saturated rings. The molecule has 0 aliphatic rings. The van der Waals surface area contributed by atoms with E-state index in [0.29, 0.717) is 6.54 Å². The Balaban J connectivity index is 2.34. The first-order valence-corrected chi connectivity index (χ1v) is 5.59. The van der Waals surface area contributed by atoms with Crippen molar-refractivity contribution in [2.75, 3.05) is 11.9 Å².